The SMILES string of the molecule is COc1cc2[nH]c(=O)[nH]c2cc1OC. The number of imidazole rings is 1. The van der Waals surface area contributed by atoms with Crippen LogP contribution in [0.2, 0.25) is 0 Å². The number of benzene rings is 1. The zero-order valence-corrected chi connectivity index (χ0v) is 7.88. The van der Waals surface area contributed by atoms with E-state index in [1.165, 1.54) is 0 Å². The summed E-state index contributed by atoms with van der Waals surface area (Å²) >= 11 is 0. The molecule has 14 heavy (non-hydrogen) atoms. The Bertz CT molecular complexity index is 468. The van der Waals surface area contributed by atoms with Gasteiger partial charge < -0.3 is 19.4 Å². The van der Waals surface area contributed by atoms with Crippen LogP contribution in [0.15, 0.2) is 16.9 Å². The molecule has 2 N–H and O–H groups in total. The maximum absolute atomic E-state index is 11.0. The van der Waals surface area contributed by atoms with Gasteiger partial charge in [-0.05, 0) is 0 Å². The van der Waals surface area contributed by atoms with Crippen molar-refractivity contribution in [3.05, 3.63) is 22.6 Å². The highest BCUT2D eigenvalue weighted by atomic mass is 16.5. The number of hydrogen-bond acceptors (Lipinski definition) is 3. The zero-order valence-electron chi connectivity index (χ0n) is 7.88. The van der Waals surface area contributed by atoms with Crippen molar-refractivity contribution >= 4 is 11.0 Å². The van der Waals surface area contributed by atoms with Crippen molar-refractivity contribution in [2.75, 3.05) is 14.2 Å². The predicted octanol–water partition coefficient (Wildman–Crippen LogP) is 0.873. The molecule has 0 radical (unpaired) electrons. The van der Waals surface area contributed by atoms with Gasteiger partial charge in [-0.25, -0.2) is 4.79 Å². The number of H-pyrrole nitrogens is 2. The minimum Gasteiger partial charge on any atom is -0.493 e. The lowest BCUT2D eigenvalue weighted by Crippen LogP contribution is -1.99. The van der Waals surface area contributed by atoms with Crippen LogP contribution >= 0.6 is 0 Å². The second-order valence-corrected chi connectivity index (χ2v) is 2.83. The molecule has 0 bridgehead atoms. The Morgan fingerprint density at radius 1 is 1.00 bits per heavy atom. The number of methoxy groups -OCH3 is 2. The first kappa shape index (κ1) is 8.68. The monoisotopic (exact) mass is 194 g/mol. The summed E-state index contributed by atoms with van der Waals surface area (Å²) in [6.07, 6.45) is 0. The first-order valence-corrected chi connectivity index (χ1v) is 4.08. The Morgan fingerprint density at radius 3 is 1.79 bits per heavy atom. The maximum atomic E-state index is 11.0. The maximum Gasteiger partial charge on any atom is 0.323 e. The van der Waals surface area contributed by atoms with Gasteiger partial charge in [-0.1, -0.05) is 0 Å². The fourth-order valence-electron chi connectivity index (χ4n) is 1.36. The highest BCUT2D eigenvalue weighted by Crippen LogP contribution is 2.29. The Morgan fingerprint density at radius 2 is 1.43 bits per heavy atom. The van der Waals surface area contributed by atoms with Crippen molar-refractivity contribution in [1.82, 2.24) is 9.97 Å². The van der Waals surface area contributed by atoms with Gasteiger partial charge in [-0.3, -0.25) is 0 Å². The van der Waals surface area contributed by atoms with E-state index < -0.39 is 0 Å². The van der Waals surface area contributed by atoms with Gasteiger partial charge in [0.1, 0.15) is 0 Å². The van der Waals surface area contributed by atoms with Gasteiger partial charge in [0.25, 0.3) is 0 Å². The van der Waals surface area contributed by atoms with Gasteiger partial charge in [0.05, 0.1) is 25.3 Å². The van der Waals surface area contributed by atoms with E-state index in [0.717, 1.165) is 0 Å². The molecule has 2 rings (SSSR count). The largest absolute Gasteiger partial charge is 0.493 e. The van der Waals surface area contributed by atoms with E-state index in [9.17, 15) is 4.79 Å². The van der Waals surface area contributed by atoms with Crippen LogP contribution < -0.4 is 15.2 Å². The molecule has 5 heteroatoms. The molecule has 1 heterocycles. The fraction of sp³-hybridized carbons (Fsp3) is 0.222. The summed E-state index contributed by atoms with van der Waals surface area (Å²) in [5, 5.41) is 0. The minimum atomic E-state index is -0.240. The predicted molar refractivity (Wildman–Crippen MR) is 52.0 cm³/mol. The molecule has 2 aromatic rings. The highest BCUT2D eigenvalue weighted by molar-refractivity contribution is 5.79. The lowest BCUT2D eigenvalue weighted by Gasteiger charge is -2.06. The van der Waals surface area contributed by atoms with Crippen LogP contribution in [-0.2, 0) is 0 Å². The second kappa shape index (κ2) is 3.10. The summed E-state index contributed by atoms with van der Waals surface area (Å²) in [5.74, 6) is 1.19. The van der Waals surface area contributed by atoms with Gasteiger partial charge in [0.2, 0.25) is 0 Å². The van der Waals surface area contributed by atoms with Crippen molar-refractivity contribution in [2.24, 2.45) is 0 Å². The van der Waals surface area contributed by atoms with Gasteiger partial charge in [0, 0.05) is 12.1 Å². The number of fused-ring (bicyclic) bond motifs is 1. The van der Waals surface area contributed by atoms with Gasteiger partial charge in [-0.2, -0.15) is 0 Å². The molecular weight excluding hydrogens is 184 g/mol. The minimum absolute atomic E-state index is 0.240. The van der Waals surface area contributed by atoms with E-state index in [1.807, 2.05) is 0 Å². The molecule has 1 aromatic heterocycles. The Kier molecular flexibility index (Phi) is 1.92. The fourth-order valence-corrected chi connectivity index (χ4v) is 1.36. The molecule has 0 atom stereocenters. The molecule has 0 aliphatic rings. The van der Waals surface area contributed by atoms with Crippen LogP contribution in [0.3, 0.4) is 0 Å². The van der Waals surface area contributed by atoms with Crippen molar-refractivity contribution < 1.29 is 9.47 Å². The molecule has 5 nitrogen and oxygen atoms in total. The Balaban J connectivity index is 2.74. The summed E-state index contributed by atoms with van der Waals surface area (Å²) < 4.78 is 10.2. The first-order chi connectivity index (χ1) is 6.74. The van der Waals surface area contributed by atoms with Crippen molar-refractivity contribution in [1.29, 1.82) is 0 Å². The third kappa shape index (κ3) is 1.22. The molecule has 0 spiro atoms. The number of aromatic amines is 2. The summed E-state index contributed by atoms with van der Waals surface area (Å²) in [5.41, 5.74) is 1.16. The standard InChI is InChI=1S/C9H10N2O3/c1-13-7-3-5-6(4-8(7)14-2)11-9(12)10-5/h3-4H,1-2H3,(H2,10,11,12). The number of aromatic nitrogens is 2. The third-order valence-corrected chi connectivity index (χ3v) is 2.02. The second-order valence-electron chi connectivity index (χ2n) is 2.83. The third-order valence-electron chi connectivity index (χ3n) is 2.02. The molecule has 0 fully saturated rings. The van der Waals surface area contributed by atoms with E-state index in [4.69, 9.17) is 9.47 Å². The van der Waals surface area contributed by atoms with E-state index in [-0.39, 0.29) is 5.69 Å². The average Bonchev–Trinajstić information content (AvgIpc) is 2.54. The van der Waals surface area contributed by atoms with Gasteiger partial charge in [0.15, 0.2) is 11.5 Å². The quantitative estimate of drug-likeness (QED) is 0.745. The van der Waals surface area contributed by atoms with E-state index in [0.29, 0.717) is 22.5 Å². The van der Waals surface area contributed by atoms with Crippen LogP contribution in [0.25, 0.3) is 11.0 Å². The normalized spacial score (nSPS) is 10.4. The van der Waals surface area contributed by atoms with E-state index in [2.05, 4.69) is 9.97 Å². The van der Waals surface area contributed by atoms with Gasteiger partial charge in [-0.15, -0.1) is 0 Å². The highest BCUT2D eigenvalue weighted by Gasteiger charge is 2.07. The number of rotatable bonds is 2. The van der Waals surface area contributed by atoms with Crippen molar-refractivity contribution in [3.8, 4) is 11.5 Å². The molecule has 1 aromatic carbocycles. The summed E-state index contributed by atoms with van der Waals surface area (Å²) in [6, 6.07) is 3.43. The molecule has 0 aliphatic heterocycles. The summed E-state index contributed by atoms with van der Waals surface area (Å²) in [7, 11) is 3.10. The van der Waals surface area contributed by atoms with Crippen LogP contribution in [0, 0.1) is 0 Å². The van der Waals surface area contributed by atoms with Crippen molar-refractivity contribution in [3.63, 3.8) is 0 Å². The lowest BCUT2D eigenvalue weighted by molar-refractivity contribution is 0.356. The molecule has 0 unspecified atom stereocenters. The van der Waals surface area contributed by atoms with Crippen LogP contribution in [0.5, 0.6) is 11.5 Å². The van der Waals surface area contributed by atoms with Crippen LogP contribution in [0.4, 0.5) is 0 Å². The number of hydrogen-bond donors (Lipinski definition) is 2. The number of nitrogens with one attached hydrogen (secondary N) is 2. The van der Waals surface area contributed by atoms with E-state index in [1.54, 1.807) is 26.4 Å². The summed E-state index contributed by atoms with van der Waals surface area (Å²) in [4.78, 5) is 16.3. The first-order valence-electron chi connectivity index (χ1n) is 4.08. The van der Waals surface area contributed by atoms with Crippen LogP contribution in [-0.4, -0.2) is 24.2 Å². The molecule has 0 saturated carbocycles. The van der Waals surface area contributed by atoms with E-state index >= 15 is 0 Å². The zero-order chi connectivity index (χ0) is 10.1. The number of ether oxygens (including phenoxy) is 2. The Labute approximate surface area is 79.7 Å². The van der Waals surface area contributed by atoms with Gasteiger partial charge >= 0.3 is 5.69 Å². The topological polar surface area (TPSA) is 67.1 Å². The smallest absolute Gasteiger partial charge is 0.323 e. The molecule has 0 saturated heterocycles. The van der Waals surface area contributed by atoms with Crippen LogP contribution in [0.1, 0.15) is 0 Å². The summed E-state index contributed by atoms with van der Waals surface area (Å²) in [6.45, 7) is 0. The molecule has 74 valence electrons. The van der Waals surface area contributed by atoms with Crippen molar-refractivity contribution in [2.45, 2.75) is 0 Å². The average molecular weight is 194 g/mol. The Hall–Kier alpha value is -1.91. The molecule has 0 amide bonds. The molecule has 0 aliphatic carbocycles. The lowest BCUT2D eigenvalue weighted by atomic mass is 10.3. The molecular formula is C9H10N2O3.